The lowest BCUT2D eigenvalue weighted by Gasteiger charge is -2.09. The molecule has 1 aromatic heterocycles. The Bertz CT molecular complexity index is 915. The second-order valence-electron chi connectivity index (χ2n) is 4.49. The van der Waals surface area contributed by atoms with Crippen molar-refractivity contribution in [2.75, 3.05) is 0 Å². The molecule has 20 heavy (non-hydrogen) atoms. The lowest BCUT2D eigenvalue weighted by molar-refractivity contribution is 1.04. The fourth-order valence-electron chi connectivity index (χ4n) is 2.25. The zero-order chi connectivity index (χ0) is 14.3. The summed E-state index contributed by atoms with van der Waals surface area (Å²) in [5.41, 5.74) is 4.56. The van der Waals surface area contributed by atoms with Crippen LogP contribution in [0.5, 0.6) is 0 Å². The summed E-state index contributed by atoms with van der Waals surface area (Å²) in [6.45, 7) is 2.04. The predicted molar refractivity (Wildman–Crippen MR) is 85.6 cm³/mol. The van der Waals surface area contributed by atoms with Crippen molar-refractivity contribution < 1.29 is 0 Å². The maximum atomic E-state index is 9.06. The van der Waals surface area contributed by atoms with Gasteiger partial charge in [0.25, 0.3) is 0 Å². The van der Waals surface area contributed by atoms with E-state index in [1.165, 1.54) is 0 Å². The van der Waals surface area contributed by atoms with E-state index in [0.717, 1.165) is 26.8 Å². The second-order valence-corrected chi connectivity index (χ2v) is 5.73. The van der Waals surface area contributed by atoms with E-state index < -0.39 is 0 Å². The van der Waals surface area contributed by atoms with Gasteiger partial charge in [-0.05, 0) is 55.0 Å². The average molecular weight is 344 g/mol. The number of nitrogens with one attached hydrogen (secondary N) is 1. The highest BCUT2D eigenvalue weighted by atomic mass is 79.9. The number of H-pyrrole nitrogens is 1. The number of benzene rings is 2. The van der Waals surface area contributed by atoms with Crippen LogP contribution in [0.2, 0.25) is 0 Å². The number of halogens is 1. The molecule has 3 aromatic rings. The van der Waals surface area contributed by atoms with Crippen LogP contribution < -0.4 is 0 Å². The number of rotatable bonds is 1. The Labute approximate surface area is 129 Å². The van der Waals surface area contributed by atoms with Crippen molar-refractivity contribution in [1.29, 1.82) is 5.26 Å². The Morgan fingerprint density at radius 2 is 2.10 bits per heavy atom. The zero-order valence-corrected chi connectivity index (χ0v) is 13.0. The molecule has 0 aliphatic heterocycles. The van der Waals surface area contributed by atoms with Gasteiger partial charge < -0.3 is 4.98 Å². The van der Waals surface area contributed by atoms with Crippen LogP contribution in [-0.2, 0) is 0 Å². The van der Waals surface area contributed by atoms with Crippen LogP contribution in [0.1, 0.15) is 11.1 Å². The summed E-state index contributed by atoms with van der Waals surface area (Å²) in [5, 5.41) is 9.06. The summed E-state index contributed by atoms with van der Waals surface area (Å²) < 4.78 is 3.62. The Hall–Kier alpha value is -1.90. The third kappa shape index (κ3) is 1.98. The van der Waals surface area contributed by atoms with E-state index in [0.29, 0.717) is 10.3 Å². The minimum atomic E-state index is 0.618. The molecule has 0 atom stereocenters. The van der Waals surface area contributed by atoms with Crippen molar-refractivity contribution in [2.24, 2.45) is 0 Å². The third-order valence-corrected chi connectivity index (χ3v) is 4.44. The van der Waals surface area contributed by atoms with Crippen molar-refractivity contribution in [2.45, 2.75) is 6.92 Å². The van der Waals surface area contributed by atoms with Crippen LogP contribution in [0.3, 0.4) is 0 Å². The number of nitriles is 1. The van der Waals surface area contributed by atoms with E-state index >= 15 is 0 Å². The van der Waals surface area contributed by atoms with E-state index in [9.17, 15) is 0 Å². The van der Waals surface area contributed by atoms with Crippen molar-refractivity contribution in [3.05, 3.63) is 56.8 Å². The third-order valence-electron chi connectivity index (χ3n) is 3.29. The Balaban J connectivity index is 2.42. The first-order chi connectivity index (χ1) is 9.61. The molecule has 98 valence electrons. The largest absolute Gasteiger partial charge is 0.330 e. The highest BCUT2D eigenvalue weighted by molar-refractivity contribution is 9.10. The molecule has 0 radical (unpaired) electrons. The smallest absolute Gasteiger partial charge is 0.182 e. The number of fused-ring (bicyclic) bond motifs is 1. The van der Waals surface area contributed by atoms with E-state index in [4.69, 9.17) is 17.5 Å². The maximum Gasteiger partial charge on any atom is 0.182 e. The maximum absolute atomic E-state index is 9.06. The van der Waals surface area contributed by atoms with Crippen molar-refractivity contribution in [1.82, 2.24) is 9.55 Å². The van der Waals surface area contributed by atoms with Crippen LogP contribution >= 0.6 is 28.1 Å². The zero-order valence-electron chi connectivity index (χ0n) is 10.6. The molecule has 1 N–H and O–H groups in total. The van der Waals surface area contributed by atoms with Crippen LogP contribution in [0.25, 0.3) is 16.7 Å². The SMILES string of the molecule is Cc1c(Br)cccc1-n1c(=S)[nH]c2ccc(C#N)cc21. The molecule has 0 aliphatic carbocycles. The van der Waals surface area contributed by atoms with Crippen molar-refractivity contribution >= 4 is 39.2 Å². The highest BCUT2D eigenvalue weighted by Crippen LogP contribution is 2.27. The average Bonchev–Trinajstić information content (AvgIpc) is 2.77. The molecule has 0 bridgehead atoms. The summed E-state index contributed by atoms with van der Waals surface area (Å²) in [7, 11) is 0. The summed E-state index contributed by atoms with van der Waals surface area (Å²) in [4.78, 5) is 3.18. The number of imidazole rings is 1. The van der Waals surface area contributed by atoms with Gasteiger partial charge in [0.15, 0.2) is 4.77 Å². The van der Waals surface area contributed by atoms with E-state index in [1.54, 1.807) is 6.07 Å². The van der Waals surface area contributed by atoms with Crippen LogP contribution in [0.4, 0.5) is 0 Å². The van der Waals surface area contributed by atoms with E-state index in [1.807, 2.05) is 41.8 Å². The number of aromatic amines is 1. The molecule has 0 unspecified atom stereocenters. The molecule has 0 aliphatic rings. The minimum absolute atomic E-state index is 0.618. The monoisotopic (exact) mass is 343 g/mol. The van der Waals surface area contributed by atoms with Gasteiger partial charge in [-0.3, -0.25) is 4.57 Å². The fourth-order valence-corrected chi connectivity index (χ4v) is 2.91. The normalized spacial score (nSPS) is 10.7. The molecular weight excluding hydrogens is 334 g/mol. The molecule has 2 aromatic carbocycles. The van der Waals surface area contributed by atoms with Gasteiger partial charge >= 0.3 is 0 Å². The minimum Gasteiger partial charge on any atom is -0.330 e. The number of hydrogen-bond donors (Lipinski definition) is 1. The summed E-state index contributed by atoms with van der Waals surface area (Å²) in [6.07, 6.45) is 0. The number of nitrogens with zero attached hydrogens (tertiary/aromatic N) is 2. The first-order valence-electron chi connectivity index (χ1n) is 6.02. The fraction of sp³-hybridized carbons (Fsp3) is 0.0667. The molecule has 5 heteroatoms. The van der Waals surface area contributed by atoms with Crippen molar-refractivity contribution in [3.63, 3.8) is 0 Å². The molecular formula is C15H10BrN3S. The molecule has 3 nitrogen and oxygen atoms in total. The molecule has 0 saturated carbocycles. The summed E-state index contributed by atoms with van der Waals surface area (Å²) >= 11 is 8.97. The van der Waals surface area contributed by atoms with Gasteiger partial charge in [-0.2, -0.15) is 5.26 Å². The summed E-state index contributed by atoms with van der Waals surface area (Å²) in [5.74, 6) is 0. The molecule has 3 rings (SSSR count). The van der Waals surface area contributed by atoms with Gasteiger partial charge in [0, 0.05) is 4.47 Å². The Morgan fingerprint density at radius 3 is 2.85 bits per heavy atom. The molecule has 1 heterocycles. The second kappa shape index (κ2) is 4.89. The number of aromatic nitrogens is 2. The number of hydrogen-bond acceptors (Lipinski definition) is 2. The van der Waals surface area contributed by atoms with Gasteiger partial charge in [-0.25, -0.2) is 0 Å². The van der Waals surface area contributed by atoms with Gasteiger partial charge in [0.2, 0.25) is 0 Å². The first-order valence-corrected chi connectivity index (χ1v) is 7.22. The van der Waals surface area contributed by atoms with E-state index in [-0.39, 0.29) is 0 Å². The quantitative estimate of drug-likeness (QED) is 0.654. The molecule has 0 fully saturated rings. The lowest BCUT2D eigenvalue weighted by atomic mass is 10.2. The predicted octanol–water partition coefficient (Wildman–Crippen LogP) is 4.63. The van der Waals surface area contributed by atoms with E-state index in [2.05, 4.69) is 27.0 Å². The summed E-state index contributed by atoms with van der Waals surface area (Å²) in [6, 6.07) is 13.7. The molecule has 0 saturated heterocycles. The van der Waals surface area contributed by atoms with Crippen LogP contribution in [-0.4, -0.2) is 9.55 Å². The Kier molecular flexibility index (Phi) is 3.20. The van der Waals surface area contributed by atoms with Crippen molar-refractivity contribution in [3.8, 4) is 11.8 Å². The molecule has 0 spiro atoms. The van der Waals surface area contributed by atoms with Gasteiger partial charge in [0.1, 0.15) is 0 Å². The van der Waals surface area contributed by atoms with Crippen LogP contribution in [0, 0.1) is 23.0 Å². The molecule has 0 amide bonds. The lowest BCUT2D eigenvalue weighted by Crippen LogP contribution is -1.97. The Morgan fingerprint density at radius 1 is 1.30 bits per heavy atom. The topological polar surface area (TPSA) is 44.5 Å². The van der Waals surface area contributed by atoms with Gasteiger partial charge in [-0.15, -0.1) is 0 Å². The standard InChI is InChI=1S/C15H10BrN3S/c1-9-11(16)3-2-4-13(9)19-14-7-10(8-17)5-6-12(14)18-15(19)20/h2-7H,1H3,(H,18,20). The van der Waals surface area contributed by atoms with Crippen LogP contribution in [0.15, 0.2) is 40.9 Å². The highest BCUT2D eigenvalue weighted by Gasteiger charge is 2.10. The van der Waals surface area contributed by atoms with Gasteiger partial charge in [-0.1, -0.05) is 22.0 Å². The first kappa shape index (κ1) is 13.1. The van der Waals surface area contributed by atoms with Gasteiger partial charge in [0.05, 0.1) is 28.4 Å².